The van der Waals surface area contributed by atoms with Crippen LogP contribution in [0.15, 0.2) is 67.1 Å². The van der Waals surface area contributed by atoms with E-state index >= 15 is 0 Å². The van der Waals surface area contributed by atoms with E-state index in [0.29, 0.717) is 18.8 Å². The van der Waals surface area contributed by atoms with Gasteiger partial charge in [0.15, 0.2) is 0 Å². The number of hydrogen-bond acceptors (Lipinski definition) is 4. The standard InChI is InChI=1S/C27H26N4O4/c32-25(33)16-24(20-5-2-13-28-17-20)30-15-12-22-18(4-1-7-23(22)30)8-10-21-11-9-19-6-3-14-31(27(34)35)26(19)29-21/h1-2,4-5,7,9,11-13,15,17,24H,3,6,8,10,14,16H2,(H,32,33)(H,34,35). The van der Waals surface area contributed by atoms with Gasteiger partial charge in [-0.25, -0.2) is 9.78 Å². The molecule has 0 fully saturated rings. The number of anilines is 1. The van der Waals surface area contributed by atoms with Crippen molar-refractivity contribution in [2.75, 3.05) is 11.4 Å². The van der Waals surface area contributed by atoms with Crippen LogP contribution in [-0.2, 0) is 24.1 Å². The maximum Gasteiger partial charge on any atom is 0.413 e. The van der Waals surface area contributed by atoms with Crippen LogP contribution in [0.5, 0.6) is 0 Å². The highest BCUT2D eigenvalue weighted by molar-refractivity contribution is 5.86. The number of carboxylic acids is 1. The zero-order valence-corrected chi connectivity index (χ0v) is 19.2. The molecule has 0 spiro atoms. The minimum Gasteiger partial charge on any atom is -0.481 e. The largest absolute Gasteiger partial charge is 0.481 e. The summed E-state index contributed by atoms with van der Waals surface area (Å²) in [6.07, 6.45) is 7.38. The van der Waals surface area contributed by atoms with Crippen molar-refractivity contribution in [2.45, 2.75) is 38.1 Å². The van der Waals surface area contributed by atoms with Crippen LogP contribution in [0, 0.1) is 0 Å². The number of pyridine rings is 2. The van der Waals surface area contributed by atoms with E-state index in [1.807, 2.05) is 53.2 Å². The number of fused-ring (bicyclic) bond motifs is 2. The smallest absolute Gasteiger partial charge is 0.413 e. The summed E-state index contributed by atoms with van der Waals surface area (Å²) in [6.45, 7) is 0.472. The molecular weight excluding hydrogens is 444 g/mol. The third kappa shape index (κ3) is 4.59. The van der Waals surface area contributed by atoms with Crippen molar-refractivity contribution in [3.63, 3.8) is 0 Å². The quantitative estimate of drug-likeness (QED) is 0.405. The molecule has 4 heterocycles. The van der Waals surface area contributed by atoms with Crippen LogP contribution in [0.2, 0.25) is 0 Å². The number of amides is 1. The van der Waals surface area contributed by atoms with Crippen molar-refractivity contribution in [1.82, 2.24) is 14.5 Å². The third-order valence-electron chi connectivity index (χ3n) is 6.60. The van der Waals surface area contributed by atoms with E-state index in [0.717, 1.165) is 52.5 Å². The molecule has 8 nitrogen and oxygen atoms in total. The average Bonchev–Trinajstić information content (AvgIpc) is 3.30. The van der Waals surface area contributed by atoms with Gasteiger partial charge in [-0.2, -0.15) is 0 Å². The second-order valence-electron chi connectivity index (χ2n) is 8.80. The molecule has 0 bridgehead atoms. The lowest BCUT2D eigenvalue weighted by atomic mass is 10.0. The number of rotatable bonds is 7. The molecule has 35 heavy (non-hydrogen) atoms. The van der Waals surface area contributed by atoms with Crippen molar-refractivity contribution >= 4 is 28.8 Å². The van der Waals surface area contributed by atoms with Gasteiger partial charge in [-0.1, -0.05) is 24.3 Å². The molecule has 8 heteroatoms. The SMILES string of the molecule is O=C(O)CC(c1cccnc1)n1ccc2c(CCc3ccc4c(n3)N(C(=O)O)CCC4)cccc21. The van der Waals surface area contributed by atoms with Crippen molar-refractivity contribution < 1.29 is 19.8 Å². The fourth-order valence-electron chi connectivity index (χ4n) is 4.92. The van der Waals surface area contributed by atoms with Gasteiger partial charge < -0.3 is 14.8 Å². The number of carboxylic acid groups (broad SMARTS) is 2. The van der Waals surface area contributed by atoms with Crippen molar-refractivity contribution in [3.05, 3.63) is 89.5 Å². The molecule has 178 valence electrons. The van der Waals surface area contributed by atoms with Gasteiger partial charge in [-0.15, -0.1) is 0 Å². The van der Waals surface area contributed by atoms with E-state index in [-0.39, 0.29) is 12.5 Å². The lowest BCUT2D eigenvalue weighted by Gasteiger charge is -2.26. The van der Waals surface area contributed by atoms with Crippen LogP contribution < -0.4 is 4.90 Å². The number of benzene rings is 1. The fraction of sp³-hybridized carbons (Fsp3) is 0.259. The monoisotopic (exact) mass is 470 g/mol. The number of carbonyl (C=O) groups is 2. The van der Waals surface area contributed by atoms with Crippen molar-refractivity contribution in [2.24, 2.45) is 0 Å². The Bertz CT molecular complexity index is 1380. The number of aromatic nitrogens is 3. The Morgan fingerprint density at radius 3 is 2.69 bits per heavy atom. The van der Waals surface area contributed by atoms with Crippen LogP contribution in [-0.4, -0.2) is 43.4 Å². The minimum absolute atomic E-state index is 0.0428. The van der Waals surface area contributed by atoms with Gasteiger partial charge in [0.25, 0.3) is 0 Å². The molecule has 2 N–H and O–H groups in total. The fourth-order valence-corrected chi connectivity index (χ4v) is 4.92. The van der Waals surface area contributed by atoms with E-state index in [2.05, 4.69) is 16.0 Å². The summed E-state index contributed by atoms with van der Waals surface area (Å²) in [5.74, 6) is -0.315. The number of hydrogen-bond donors (Lipinski definition) is 2. The Kier molecular flexibility index (Phi) is 6.18. The van der Waals surface area contributed by atoms with Crippen LogP contribution >= 0.6 is 0 Å². The summed E-state index contributed by atoms with van der Waals surface area (Å²) in [6, 6.07) is 15.4. The maximum absolute atomic E-state index is 11.6. The van der Waals surface area contributed by atoms with Gasteiger partial charge >= 0.3 is 12.1 Å². The van der Waals surface area contributed by atoms with Crippen molar-refractivity contribution in [1.29, 1.82) is 0 Å². The zero-order chi connectivity index (χ0) is 24.4. The highest BCUT2D eigenvalue weighted by Gasteiger charge is 2.24. The topological polar surface area (TPSA) is 109 Å². The highest BCUT2D eigenvalue weighted by Crippen LogP contribution is 2.30. The first-order valence-electron chi connectivity index (χ1n) is 11.7. The third-order valence-corrected chi connectivity index (χ3v) is 6.60. The van der Waals surface area contributed by atoms with Gasteiger partial charge in [0.05, 0.1) is 12.5 Å². The first-order chi connectivity index (χ1) is 17.0. The predicted molar refractivity (Wildman–Crippen MR) is 132 cm³/mol. The van der Waals surface area contributed by atoms with Gasteiger partial charge in [0.1, 0.15) is 5.82 Å². The van der Waals surface area contributed by atoms with E-state index < -0.39 is 12.1 Å². The lowest BCUT2D eigenvalue weighted by Crippen LogP contribution is -2.35. The summed E-state index contributed by atoms with van der Waals surface area (Å²) in [7, 11) is 0. The lowest BCUT2D eigenvalue weighted by molar-refractivity contribution is -0.137. The molecule has 0 radical (unpaired) electrons. The Morgan fingerprint density at radius 2 is 1.91 bits per heavy atom. The first kappa shape index (κ1) is 22.6. The molecule has 1 amide bonds. The Balaban J connectivity index is 1.43. The molecule has 1 unspecified atom stereocenters. The second kappa shape index (κ2) is 9.58. The summed E-state index contributed by atoms with van der Waals surface area (Å²) >= 11 is 0. The molecule has 4 aromatic rings. The molecule has 3 aromatic heterocycles. The molecule has 0 saturated heterocycles. The summed E-state index contributed by atoms with van der Waals surface area (Å²) < 4.78 is 2.01. The van der Waals surface area contributed by atoms with Gasteiger partial charge in [0, 0.05) is 41.7 Å². The molecule has 1 aliphatic heterocycles. The van der Waals surface area contributed by atoms with Gasteiger partial charge in [-0.05, 0) is 66.6 Å². The number of nitrogens with zero attached hydrogens (tertiary/aromatic N) is 4. The first-order valence-corrected chi connectivity index (χ1v) is 11.7. The zero-order valence-electron chi connectivity index (χ0n) is 19.2. The van der Waals surface area contributed by atoms with E-state index in [9.17, 15) is 19.8 Å². The predicted octanol–water partition coefficient (Wildman–Crippen LogP) is 4.71. The van der Waals surface area contributed by atoms with Gasteiger partial charge in [-0.3, -0.25) is 14.7 Å². The molecular formula is C27H26N4O4. The molecule has 1 aliphatic rings. The summed E-state index contributed by atoms with van der Waals surface area (Å²) in [5, 5.41) is 20.1. The Morgan fingerprint density at radius 1 is 1.03 bits per heavy atom. The van der Waals surface area contributed by atoms with Gasteiger partial charge in [0.2, 0.25) is 0 Å². The molecule has 1 atom stereocenters. The summed E-state index contributed by atoms with van der Waals surface area (Å²) in [4.78, 5) is 33.4. The van der Waals surface area contributed by atoms with Crippen molar-refractivity contribution in [3.8, 4) is 0 Å². The summed E-state index contributed by atoms with van der Waals surface area (Å²) in [5.41, 5.74) is 4.78. The van der Waals surface area contributed by atoms with E-state index in [1.165, 1.54) is 4.90 Å². The molecule has 0 aliphatic carbocycles. The van der Waals surface area contributed by atoms with Crippen LogP contribution in [0.4, 0.5) is 10.6 Å². The van der Waals surface area contributed by atoms with Crippen LogP contribution in [0.3, 0.4) is 0 Å². The average molecular weight is 471 g/mol. The Hall–Kier alpha value is -4.20. The maximum atomic E-state index is 11.6. The highest BCUT2D eigenvalue weighted by atomic mass is 16.4. The van der Waals surface area contributed by atoms with Crippen LogP contribution in [0.1, 0.15) is 41.3 Å². The van der Waals surface area contributed by atoms with E-state index in [1.54, 1.807) is 12.4 Å². The molecule has 0 saturated carbocycles. The Labute approximate surface area is 202 Å². The minimum atomic E-state index is -0.966. The normalized spacial score (nSPS) is 14.0. The second-order valence-corrected chi connectivity index (χ2v) is 8.80. The molecule has 1 aromatic carbocycles. The molecule has 5 rings (SSSR count). The van der Waals surface area contributed by atoms with Crippen LogP contribution in [0.25, 0.3) is 10.9 Å². The van der Waals surface area contributed by atoms with E-state index in [4.69, 9.17) is 0 Å². The number of aryl methyl sites for hydroxylation is 3. The number of aliphatic carboxylic acids is 1.